The van der Waals surface area contributed by atoms with E-state index in [1.165, 1.54) is 39.0 Å². The number of fused-ring (bicyclic) bond motifs is 6. The van der Waals surface area contributed by atoms with E-state index in [1.807, 2.05) is 0 Å². The summed E-state index contributed by atoms with van der Waals surface area (Å²) in [6.07, 6.45) is 7.77. The van der Waals surface area contributed by atoms with Crippen molar-refractivity contribution in [2.75, 3.05) is 0 Å². The van der Waals surface area contributed by atoms with Crippen molar-refractivity contribution >= 4 is 49.5 Å². The van der Waals surface area contributed by atoms with Crippen molar-refractivity contribution in [2.45, 2.75) is 17.8 Å². The fourth-order valence-electron chi connectivity index (χ4n) is 10.7. The molecular weight excluding hydrogens is 765 g/mol. The van der Waals surface area contributed by atoms with E-state index < -0.39 is 5.41 Å². The van der Waals surface area contributed by atoms with Gasteiger partial charge in [0.2, 0.25) is 0 Å². The van der Waals surface area contributed by atoms with E-state index in [1.54, 1.807) is 0 Å². The second-order valence-electron chi connectivity index (χ2n) is 16.6. The van der Waals surface area contributed by atoms with Crippen LogP contribution in [0.15, 0.2) is 245 Å². The van der Waals surface area contributed by atoms with E-state index in [2.05, 4.69) is 237 Å². The second-order valence-corrected chi connectivity index (χ2v) is 16.6. The van der Waals surface area contributed by atoms with Crippen molar-refractivity contribution in [3.05, 3.63) is 259 Å². The number of rotatable bonds is 8. The topological polar surface area (TPSA) is 26.3 Å². The Morgan fingerprint density at radius 3 is 1.40 bits per heavy atom. The van der Waals surface area contributed by atoms with Gasteiger partial charge in [0.15, 0.2) is 0 Å². The van der Waals surface area contributed by atoms with Gasteiger partial charge < -0.3 is 8.83 Å². The van der Waals surface area contributed by atoms with E-state index in [-0.39, 0.29) is 5.92 Å². The van der Waals surface area contributed by atoms with Crippen molar-refractivity contribution in [1.29, 1.82) is 0 Å². The van der Waals surface area contributed by atoms with Crippen molar-refractivity contribution in [3.63, 3.8) is 0 Å². The molecule has 0 radical (unpaired) electrons. The molecule has 0 saturated heterocycles. The van der Waals surface area contributed by atoms with Gasteiger partial charge in [-0.15, -0.1) is 0 Å². The first-order valence-corrected chi connectivity index (χ1v) is 21.8. The number of furan rings is 2. The molecule has 2 aromatic heterocycles. The average molecular weight is 807 g/mol. The van der Waals surface area contributed by atoms with Gasteiger partial charge in [-0.2, -0.15) is 0 Å². The molecule has 1 aliphatic rings. The van der Waals surface area contributed by atoms with E-state index in [9.17, 15) is 0 Å². The zero-order chi connectivity index (χ0) is 41.7. The average Bonchev–Trinajstić information content (AvgIpc) is 3.94. The van der Waals surface area contributed by atoms with E-state index in [4.69, 9.17) is 8.83 Å². The Morgan fingerprint density at radius 2 is 0.810 bits per heavy atom. The zero-order valence-corrected chi connectivity index (χ0v) is 34.6. The highest BCUT2D eigenvalue weighted by Gasteiger charge is 2.48. The van der Waals surface area contributed by atoms with Gasteiger partial charge in [-0.3, -0.25) is 0 Å². The molecule has 63 heavy (non-hydrogen) atoms. The van der Waals surface area contributed by atoms with Gasteiger partial charge in [-0.25, -0.2) is 0 Å². The molecule has 0 aliphatic heterocycles. The Hall–Kier alpha value is -7.94. The molecule has 0 bridgehead atoms. The van der Waals surface area contributed by atoms with Gasteiger partial charge in [-0.05, 0) is 68.6 Å². The smallest absolute Gasteiger partial charge is 0.143 e. The van der Waals surface area contributed by atoms with Gasteiger partial charge in [0.1, 0.15) is 22.3 Å². The summed E-state index contributed by atoms with van der Waals surface area (Å²) in [7, 11) is 0. The molecule has 12 rings (SSSR count). The highest BCUT2D eigenvalue weighted by atomic mass is 16.3. The maximum Gasteiger partial charge on any atom is 0.143 e. The molecule has 2 nitrogen and oxygen atoms in total. The largest absolute Gasteiger partial charge is 0.455 e. The maximum atomic E-state index is 6.84. The molecule has 2 heterocycles. The van der Waals surface area contributed by atoms with Crippen LogP contribution in [-0.2, 0) is 5.41 Å². The monoisotopic (exact) mass is 806 g/mol. The molecule has 1 atom stereocenters. The Bertz CT molecular complexity index is 3390. The van der Waals surface area contributed by atoms with Crippen LogP contribution in [0.1, 0.15) is 34.6 Å². The fraction of sp³-hybridized carbons (Fsp3) is 0.0492. The lowest BCUT2D eigenvalue weighted by Crippen LogP contribution is -2.38. The fourth-order valence-corrected chi connectivity index (χ4v) is 10.7. The molecular formula is C61H42O2. The van der Waals surface area contributed by atoms with Gasteiger partial charge in [-0.1, -0.05) is 224 Å². The quantitative estimate of drug-likeness (QED) is 0.153. The Morgan fingerprint density at radius 1 is 0.365 bits per heavy atom. The van der Waals surface area contributed by atoms with E-state index in [0.717, 1.165) is 72.6 Å². The summed E-state index contributed by atoms with van der Waals surface area (Å²) < 4.78 is 13.7. The minimum atomic E-state index is -0.627. The summed E-state index contributed by atoms with van der Waals surface area (Å²) in [6.45, 7) is 0. The number of hydrogen-bond donors (Lipinski definition) is 0. The highest BCUT2D eigenvalue weighted by Crippen LogP contribution is 2.60. The van der Waals surface area contributed by atoms with E-state index in [0.29, 0.717) is 0 Å². The summed E-state index contributed by atoms with van der Waals surface area (Å²) >= 11 is 0. The highest BCUT2D eigenvalue weighted by molar-refractivity contribution is 6.11. The van der Waals surface area contributed by atoms with Crippen LogP contribution >= 0.6 is 0 Å². The molecule has 0 spiro atoms. The first-order chi connectivity index (χ1) is 31.3. The zero-order valence-electron chi connectivity index (χ0n) is 34.6. The standard InChI is InChI=1S/C61H42O2/c1-3-21-41(22-4-1)43-25-11-14-37-55(43)61(40-18-17-36-54(61)42-23-5-2-6-24-42)58(48-30-9-7-26-44(48)50-32-19-34-52-46-28-12-15-38-56(46)62-59(50)52)49-31-10-8-27-45(49)51-33-20-35-53-47-29-13-16-39-57(47)63-60(51)53/h1-39,58H,40H2. The van der Waals surface area contributed by atoms with Crippen molar-refractivity contribution in [3.8, 4) is 33.4 Å². The van der Waals surface area contributed by atoms with E-state index >= 15 is 0 Å². The molecule has 11 aromatic rings. The Balaban J connectivity index is 1.23. The van der Waals surface area contributed by atoms with Gasteiger partial charge in [0.05, 0.1) is 0 Å². The van der Waals surface area contributed by atoms with Gasteiger partial charge in [0, 0.05) is 44.0 Å². The summed E-state index contributed by atoms with van der Waals surface area (Å²) in [5.41, 5.74) is 15.9. The molecule has 0 fully saturated rings. The third-order valence-corrected chi connectivity index (χ3v) is 13.3. The number of allylic oxidation sites excluding steroid dienone is 4. The third-order valence-electron chi connectivity index (χ3n) is 13.3. The molecule has 1 aliphatic carbocycles. The predicted octanol–water partition coefficient (Wildman–Crippen LogP) is 16.6. The summed E-state index contributed by atoms with van der Waals surface area (Å²) in [5.74, 6) is -0.231. The normalized spacial score (nSPS) is 15.2. The summed E-state index contributed by atoms with van der Waals surface area (Å²) in [5, 5.41) is 4.46. The van der Waals surface area contributed by atoms with Crippen LogP contribution in [0.4, 0.5) is 0 Å². The van der Waals surface area contributed by atoms with Gasteiger partial charge >= 0.3 is 0 Å². The predicted molar refractivity (Wildman–Crippen MR) is 262 cm³/mol. The first-order valence-electron chi connectivity index (χ1n) is 21.8. The number of hydrogen-bond acceptors (Lipinski definition) is 2. The summed E-state index contributed by atoms with van der Waals surface area (Å²) in [4.78, 5) is 0. The minimum absolute atomic E-state index is 0.231. The third kappa shape index (κ3) is 5.94. The first kappa shape index (κ1) is 36.9. The molecule has 9 aromatic carbocycles. The maximum absolute atomic E-state index is 6.84. The minimum Gasteiger partial charge on any atom is -0.455 e. The van der Waals surface area contributed by atoms with Crippen LogP contribution in [0.2, 0.25) is 0 Å². The van der Waals surface area contributed by atoms with Crippen molar-refractivity contribution < 1.29 is 8.83 Å². The van der Waals surface area contributed by atoms with Gasteiger partial charge in [0.25, 0.3) is 0 Å². The molecule has 0 N–H and O–H groups in total. The lowest BCUT2D eigenvalue weighted by molar-refractivity contribution is 0.491. The molecule has 0 saturated carbocycles. The van der Waals surface area contributed by atoms with Crippen molar-refractivity contribution in [1.82, 2.24) is 0 Å². The lowest BCUT2D eigenvalue weighted by Gasteiger charge is -2.47. The SMILES string of the molecule is C1=CCC(c2ccccc2-c2ccccc2)(C(c2ccccc2-c2cccc3c2oc2ccccc23)c2ccccc2-c2cccc3c2oc2ccccc23)C(c2ccccc2)=C1. The van der Waals surface area contributed by atoms with Crippen LogP contribution in [0.5, 0.6) is 0 Å². The Labute approximate surface area is 366 Å². The van der Waals surface area contributed by atoms with Crippen molar-refractivity contribution in [2.24, 2.45) is 0 Å². The van der Waals surface area contributed by atoms with Crippen LogP contribution < -0.4 is 0 Å². The summed E-state index contributed by atoms with van der Waals surface area (Å²) in [6, 6.07) is 79.1. The molecule has 0 amide bonds. The molecule has 1 unspecified atom stereocenters. The van der Waals surface area contributed by atoms with Crippen LogP contribution in [0.25, 0.3) is 82.8 Å². The second kappa shape index (κ2) is 15.2. The number of benzene rings is 9. The molecule has 298 valence electrons. The van der Waals surface area contributed by atoms with Crippen LogP contribution in [0, 0.1) is 0 Å². The van der Waals surface area contributed by atoms with Crippen LogP contribution in [0.3, 0.4) is 0 Å². The number of para-hydroxylation sites is 4. The molecule has 2 heteroatoms. The Kier molecular flexibility index (Phi) is 8.90. The lowest BCUT2D eigenvalue weighted by atomic mass is 9.55. The van der Waals surface area contributed by atoms with Crippen LogP contribution in [-0.4, -0.2) is 0 Å².